The molecule has 15 heavy (non-hydrogen) atoms. The highest BCUT2D eigenvalue weighted by atomic mass is 15.3. The van der Waals surface area contributed by atoms with E-state index in [0.29, 0.717) is 0 Å². The van der Waals surface area contributed by atoms with Crippen LogP contribution in [0, 0.1) is 0 Å². The van der Waals surface area contributed by atoms with Crippen LogP contribution in [-0.4, -0.2) is 81.2 Å². The predicted octanol–water partition coefficient (Wildman–Crippen LogP) is 0.720. The van der Waals surface area contributed by atoms with Gasteiger partial charge in [-0.3, -0.25) is 0 Å². The van der Waals surface area contributed by atoms with Gasteiger partial charge in [0.05, 0.1) is 27.7 Å². The van der Waals surface area contributed by atoms with Gasteiger partial charge in [-0.2, -0.15) is 0 Å². The number of piperazine rings is 1. The van der Waals surface area contributed by atoms with Crippen LogP contribution >= 0.6 is 0 Å². The van der Waals surface area contributed by atoms with Gasteiger partial charge in [-0.15, -0.1) is 0 Å². The summed E-state index contributed by atoms with van der Waals surface area (Å²) in [6, 6.07) is 0. The summed E-state index contributed by atoms with van der Waals surface area (Å²) in [6.07, 6.45) is 1.33. The number of rotatable bonds is 5. The fourth-order valence-corrected chi connectivity index (χ4v) is 2.10. The lowest BCUT2D eigenvalue weighted by Gasteiger charge is -2.34. The maximum atomic E-state index is 2.61. The highest BCUT2D eigenvalue weighted by molar-refractivity contribution is 4.70. The van der Waals surface area contributed by atoms with Crippen molar-refractivity contribution in [3.63, 3.8) is 0 Å². The zero-order valence-electron chi connectivity index (χ0n) is 11.0. The fraction of sp³-hybridized carbons (Fsp3) is 1.00. The SMILES string of the molecule is CCN1CCN(CCC[N+](C)(C)C)CC1. The molecule has 3 nitrogen and oxygen atoms in total. The molecular weight excluding hydrogens is 186 g/mol. The molecule has 0 aliphatic carbocycles. The van der Waals surface area contributed by atoms with Gasteiger partial charge in [0.1, 0.15) is 0 Å². The Bertz CT molecular complexity index is 166. The van der Waals surface area contributed by atoms with E-state index in [4.69, 9.17) is 0 Å². The largest absolute Gasteiger partial charge is 0.331 e. The van der Waals surface area contributed by atoms with Crippen LogP contribution in [0.5, 0.6) is 0 Å². The summed E-state index contributed by atoms with van der Waals surface area (Å²) >= 11 is 0. The monoisotopic (exact) mass is 214 g/mol. The maximum absolute atomic E-state index is 2.61. The van der Waals surface area contributed by atoms with Crippen LogP contribution in [0.15, 0.2) is 0 Å². The first-order valence-electron chi connectivity index (χ1n) is 6.26. The third-order valence-corrected chi connectivity index (χ3v) is 3.22. The second kappa shape index (κ2) is 5.83. The molecule has 0 spiro atoms. The molecule has 0 aromatic carbocycles. The molecule has 0 N–H and O–H groups in total. The molecule has 3 heteroatoms. The Hall–Kier alpha value is -0.120. The number of likely N-dealkylation sites (N-methyl/N-ethyl adjacent to an activating group) is 1. The summed E-state index contributed by atoms with van der Waals surface area (Å²) in [7, 11) is 6.82. The van der Waals surface area contributed by atoms with E-state index in [0.717, 1.165) is 4.48 Å². The van der Waals surface area contributed by atoms with Crippen LogP contribution in [-0.2, 0) is 0 Å². The first-order chi connectivity index (χ1) is 7.01. The summed E-state index contributed by atoms with van der Waals surface area (Å²) < 4.78 is 1.09. The van der Waals surface area contributed by atoms with Crippen molar-refractivity contribution in [2.45, 2.75) is 13.3 Å². The number of hydrogen-bond acceptors (Lipinski definition) is 2. The molecule has 1 fully saturated rings. The first kappa shape index (κ1) is 12.9. The van der Waals surface area contributed by atoms with E-state index in [1.165, 1.54) is 52.2 Å². The van der Waals surface area contributed by atoms with E-state index < -0.39 is 0 Å². The van der Waals surface area contributed by atoms with E-state index in [2.05, 4.69) is 37.9 Å². The third kappa shape index (κ3) is 5.50. The standard InChI is InChI=1S/C12H28N3/c1-5-13-8-10-14(11-9-13)7-6-12-15(2,3)4/h5-12H2,1-4H3/q+1. The maximum Gasteiger partial charge on any atom is 0.0792 e. The third-order valence-electron chi connectivity index (χ3n) is 3.22. The Morgan fingerprint density at radius 1 is 0.933 bits per heavy atom. The molecule has 0 atom stereocenters. The van der Waals surface area contributed by atoms with Crippen molar-refractivity contribution < 1.29 is 4.48 Å². The van der Waals surface area contributed by atoms with Crippen molar-refractivity contribution in [3.8, 4) is 0 Å². The Morgan fingerprint density at radius 2 is 1.47 bits per heavy atom. The minimum Gasteiger partial charge on any atom is -0.331 e. The van der Waals surface area contributed by atoms with Crippen molar-refractivity contribution in [3.05, 3.63) is 0 Å². The predicted molar refractivity (Wildman–Crippen MR) is 66.1 cm³/mol. The van der Waals surface area contributed by atoms with Crippen molar-refractivity contribution in [1.82, 2.24) is 9.80 Å². The summed E-state index contributed by atoms with van der Waals surface area (Å²) in [6.45, 7) is 11.1. The molecule has 0 radical (unpaired) electrons. The molecule has 0 unspecified atom stereocenters. The summed E-state index contributed by atoms with van der Waals surface area (Å²) in [4.78, 5) is 5.15. The van der Waals surface area contributed by atoms with E-state index in [-0.39, 0.29) is 0 Å². The van der Waals surface area contributed by atoms with Gasteiger partial charge in [0.15, 0.2) is 0 Å². The van der Waals surface area contributed by atoms with Crippen LogP contribution in [0.4, 0.5) is 0 Å². The minimum atomic E-state index is 1.09. The lowest BCUT2D eigenvalue weighted by atomic mass is 10.3. The second-order valence-electron chi connectivity index (χ2n) is 5.64. The lowest BCUT2D eigenvalue weighted by Crippen LogP contribution is -2.47. The molecule has 1 aliphatic rings. The van der Waals surface area contributed by atoms with Gasteiger partial charge in [0.25, 0.3) is 0 Å². The van der Waals surface area contributed by atoms with Gasteiger partial charge in [-0.1, -0.05) is 6.92 Å². The molecule has 1 aliphatic heterocycles. The van der Waals surface area contributed by atoms with Gasteiger partial charge >= 0.3 is 0 Å². The normalized spacial score (nSPS) is 20.8. The van der Waals surface area contributed by atoms with Crippen molar-refractivity contribution in [1.29, 1.82) is 0 Å². The zero-order chi connectivity index (χ0) is 11.3. The van der Waals surface area contributed by atoms with E-state index >= 15 is 0 Å². The molecule has 0 aromatic rings. The van der Waals surface area contributed by atoms with Gasteiger partial charge in [-0.05, 0) is 6.54 Å². The van der Waals surface area contributed by atoms with E-state index in [9.17, 15) is 0 Å². The van der Waals surface area contributed by atoms with Crippen LogP contribution in [0.25, 0.3) is 0 Å². The van der Waals surface area contributed by atoms with Gasteiger partial charge in [0.2, 0.25) is 0 Å². The van der Waals surface area contributed by atoms with Gasteiger partial charge in [0, 0.05) is 39.1 Å². The summed E-state index contributed by atoms with van der Waals surface area (Å²) in [5.74, 6) is 0. The molecule has 0 amide bonds. The summed E-state index contributed by atoms with van der Waals surface area (Å²) in [5.41, 5.74) is 0. The Labute approximate surface area is 95.2 Å². The topological polar surface area (TPSA) is 6.48 Å². The van der Waals surface area contributed by atoms with Crippen LogP contribution in [0.3, 0.4) is 0 Å². The zero-order valence-corrected chi connectivity index (χ0v) is 11.0. The molecule has 1 saturated heterocycles. The average molecular weight is 214 g/mol. The minimum absolute atomic E-state index is 1.09. The molecule has 1 rings (SSSR count). The van der Waals surface area contributed by atoms with Crippen LogP contribution < -0.4 is 0 Å². The number of hydrogen-bond donors (Lipinski definition) is 0. The van der Waals surface area contributed by atoms with Crippen LogP contribution in [0.2, 0.25) is 0 Å². The highest BCUT2D eigenvalue weighted by Gasteiger charge is 2.15. The van der Waals surface area contributed by atoms with Gasteiger partial charge < -0.3 is 14.3 Å². The highest BCUT2D eigenvalue weighted by Crippen LogP contribution is 2.03. The molecule has 0 aromatic heterocycles. The van der Waals surface area contributed by atoms with E-state index in [1.54, 1.807) is 0 Å². The smallest absolute Gasteiger partial charge is 0.0792 e. The van der Waals surface area contributed by atoms with Gasteiger partial charge in [-0.25, -0.2) is 0 Å². The number of nitrogens with zero attached hydrogens (tertiary/aromatic N) is 3. The second-order valence-corrected chi connectivity index (χ2v) is 5.64. The van der Waals surface area contributed by atoms with E-state index in [1.807, 2.05) is 0 Å². The molecule has 1 heterocycles. The summed E-state index contributed by atoms with van der Waals surface area (Å²) in [5, 5.41) is 0. The van der Waals surface area contributed by atoms with Crippen molar-refractivity contribution >= 4 is 0 Å². The van der Waals surface area contributed by atoms with Crippen LogP contribution in [0.1, 0.15) is 13.3 Å². The number of quaternary nitrogens is 1. The molecule has 0 saturated carbocycles. The average Bonchev–Trinajstić information content (AvgIpc) is 2.17. The Kier molecular flexibility index (Phi) is 5.03. The van der Waals surface area contributed by atoms with Crippen molar-refractivity contribution in [2.24, 2.45) is 0 Å². The lowest BCUT2D eigenvalue weighted by molar-refractivity contribution is -0.870. The molecule has 0 bridgehead atoms. The first-order valence-corrected chi connectivity index (χ1v) is 6.26. The quantitative estimate of drug-likeness (QED) is 0.622. The fourth-order valence-electron chi connectivity index (χ4n) is 2.10. The molecular formula is C12H28N3+. The Balaban J connectivity index is 2.09. The Morgan fingerprint density at radius 3 is 1.93 bits per heavy atom. The molecule has 90 valence electrons. The van der Waals surface area contributed by atoms with Crippen molar-refractivity contribution in [2.75, 3.05) is 67.0 Å².